The fourth-order valence-corrected chi connectivity index (χ4v) is 13.2. The highest BCUT2D eigenvalue weighted by atomic mass is 15.2. The maximum absolute atomic E-state index is 2.70. The van der Waals surface area contributed by atoms with Crippen molar-refractivity contribution in [2.24, 2.45) is 0 Å². The van der Waals surface area contributed by atoms with Gasteiger partial charge in [-0.2, -0.15) is 0 Å². The Morgan fingerprint density at radius 1 is 0.382 bits per heavy atom. The van der Waals surface area contributed by atoms with Crippen LogP contribution in [0.2, 0.25) is 0 Å². The van der Waals surface area contributed by atoms with Crippen molar-refractivity contribution < 1.29 is 0 Å². The number of rotatable bonds is 8. The standard InChI is InChI=1S/C73H73BN2/c1-48-41-66-68-67(42-48)76(63-38-36-52(69(2,3)4)44-58(63)57-34-23-22-33-56(57)49-25-16-13-17-26-49)65-47-60-59(70(5,6)39-40-71(60,7)8)46-62(65)74(68)61-37-35-54(73(11,12)51-29-20-15-21-30-51)45-64(61)75(66)55-32-24-31-53(43-55)72(9,10)50-27-18-14-19-28-50/h13-38,41-47H,39-40H2,1-12H3. The van der Waals surface area contributed by atoms with E-state index in [0.717, 1.165) is 12.8 Å². The minimum atomic E-state index is -0.251. The number of anilines is 6. The van der Waals surface area contributed by atoms with Gasteiger partial charge >= 0.3 is 0 Å². The zero-order chi connectivity index (χ0) is 53.1. The molecule has 0 atom stereocenters. The van der Waals surface area contributed by atoms with Crippen molar-refractivity contribution in [3.05, 3.63) is 245 Å². The van der Waals surface area contributed by atoms with Crippen molar-refractivity contribution in [1.82, 2.24) is 0 Å². The Balaban J connectivity index is 1.19. The van der Waals surface area contributed by atoms with Gasteiger partial charge in [0.05, 0.1) is 5.69 Å². The van der Waals surface area contributed by atoms with Gasteiger partial charge in [0.1, 0.15) is 0 Å². The summed E-state index contributed by atoms with van der Waals surface area (Å²) in [7, 11) is 0. The molecule has 2 aliphatic heterocycles. The van der Waals surface area contributed by atoms with Gasteiger partial charge in [-0.25, -0.2) is 0 Å². The molecule has 0 unspecified atom stereocenters. The van der Waals surface area contributed by atoms with Crippen molar-refractivity contribution >= 4 is 57.2 Å². The van der Waals surface area contributed by atoms with Gasteiger partial charge < -0.3 is 9.80 Å². The summed E-state index contributed by atoms with van der Waals surface area (Å²) in [6.07, 6.45) is 2.29. The lowest BCUT2D eigenvalue weighted by Crippen LogP contribution is -2.62. The van der Waals surface area contributed by atoms with Crippen LogP contribution in [0.25, 0.3) is 22.3 Å². The SMILES string of the molecule is Cc1cc2c3c(c1)N(c1ccc(C(C)(C)C)cc1-c1ccccc1-c1ccccc1)c1cc4c(cc1B3c1ccc(C(C)(C)c3ccccc3)cc1N2c1cccc(C(C)(C)c2ccccc2)c1)C(C)(C)CCC4(C)C. The van der Waals surface area contributed by atoms with Crippen LogP contribution in [-0.2, 0) is 27.1 Å². The summed E-state index contributed by atoms with van der Waals surface area (Å²) in [6, 6.07) is 76.7. The molecule has 0 N–H and O–H groups in total. The molecule has 3 heteroatoms. The van der Waals surface area contributed by atoms with Gasteiger partial charge in [-0.3, -0.25) is 0 Å². The Morgan fingerprint density at radius 3 is 1.51 bits per heavy atom. The lowest BCUT2D eigenvalue weighted by Gasteiger charge is -2.48. The Morgan fingerprint density at radius 2 is 0.895 bits per heavy atom. The minimum Gasteiger partial charge on any atom is -0.311 e. The van der Waals surface area contributed by atoms with Gasteiger partial charge in [-0.1, -0.05) is 228 Å². The molecule has 3 aliphatic rings. The predicted octanol–water partition coefficient (Wildman–Crippen LogP) is 17.7. The molecule has 1 aliphatic carbocycles. The quantitative estimate of drug-likeness (QED) is 0.140. The van der Waals surface area contributed by atoms with E-state index in [1.54, 1.807) is 0 Å². The third-order valence-corrected chi connectivity index (χ3v) is 18.1. The van der Waals surface area contributed by atoms with Crippen molar-refractivity contribution in [3.8, 4) is 22.3 Å². The van der Waals surface area contributed by atoms with E-state index < -0.39 is 0 Å². The molecule has 0 bridgehead atoms. The van der Waals surface area contributed by atoms with Crippen LogP contribution in [0.5, 0.6) is 0 Å². The van der Waals surface area contributed by atoms with Crippen LogP contribution >= 0.6 is 0 Å². The third kappa shape index (κ3) is 8.07. The third-order valence-electron chi connectivity index (χ3n) is 18.1. The second-order valence-corrected chi connectivity index (χ2v) is 25.7. The first-order chi connectivity index (χ1) is 36.2. The van der Waals surface area contributed by atoms with Gasteiger partial charge in [0.25, 0.3) is 6.71 Å². The summed E-state index contributed by atoms with van der Waals surface area (Å²) in [5.74, 6) is 0. The molecule has 0 amide bonds. The van der Waals surface area contributed by atoms with Gasteiger partial charge in [-0.05, 0) is 162 Å². The average Bonchev–Trinajstić information content (AvgIpc) is 3.54. The lowest BCUT2D eigenvalue weighted by atomic mass is 9.33. The molecule has 378 valence electrons. The highest BCUT2D eigenvalue weighted by Crippen LogP contribution is 2.53. The number of nitrogens with zero attached hydrogens (tertiary/aromatic N) is 2. The normalized spacial score (nSPS) is 15.4. The summed E-state index contributed by atoms with van der Waals surface area (Å²) in [6.45, 7) is 28.8. The fraction of sp³-hybridized carbons (Fsp3) is 0.260. The molecule has 76 heavy (non-hydrogen) atoms. The van der Waals surface area contributed by atoms with E-state index in [-0.39, 0.29) is 33.8 Å². The number of hydrogen-bond donors (Lipinski definition) is 0. The van der Waals surface area contributed by atoms with Crippen LogP contribution in [0.15, 0.2) is 200 Å². The summed E-state index contributed by atoms with van der Waals surface area (Å²) in [5, 5.41) is 0. The van der Waals surface area contributed by atoms with E-state index in [4.69, 9.17) is 0 Å². The summed E-state index contributed by atoms with van der Waals surface area (Å²) in [4.78, 5) is 5.33. The van der Waals surface area contributed by atoms with Gasteiger partial charge in [0.15, 0.2) is 0 Å². The Labute approximate surface area is 454 Å². The Hall–Kier alpha value is -7.36. The first-order valence-electron chi connectivity index (χ1n) is 27.8. The van der Waals surface area contributed by atoms with Crippen LogP contribution in [0.4, 0.5) is 34.1 Å². The average molecular weight is 989 g/mol. The number of benzene rings is 9. The first-order valence-corrected chi connectivity index (χ1v) is 27.8. The lowest BCUT2D eigenvalue weighted by molar-refractivity contribution is 0.332. The molecular formula is C73H73BN2. The monoisotopic (exact) mass is 989 g/mol. The molecule has 0 saturated heterocycles. The van der Waals surface area contributed by atoms with Crippen LogP contribution in [0.1, 0.15) is 134 Å². The fourth-order valence-electron chi connectivity index (χ4n) is 13.2. The van der Waals surface area contributed by atoms with Crippen molar-refractivity contribution in [2.75, 3.05) is 9.80 Å². The van der Waals surface area contributed by atoms with E-state index in [9.17, 15) is 0 Å². The number of hydrogen-bond acceptors (Lipinski definition) is 2. The van der Waals surface area contributed by atoms with E-state index in [1.165, 1.54) is 117 Å². The molecule has 9 aromatic rings. The van der Waals surface area contributed by atoms with Crippen LogP contribution in [-0.4, -0.2) is 6.71 Å². The second-order valence-electron chi connectivity index (χ2n) is 25.7. The molecular weight excluding hydrogens is 916 g/mol. The summed E-state index contributed by atoms with van der Waals surface area (Å²) >= 11 is 0. The molecule has 0 aromatic heterocycles. The maximum Gasteiger partial charge on any atom is 0.252 e. The summed E-state index contributed by atoms with van der Waals surface area (Å²) in [5.41, 5.74) is 26.5. The smallest absolute Gasteiger partial charge is 0.252 e. The summed E-state index contributed by atoms with van der Waals surface area (Å²) < 4.78 is 0. The maximum atomic E-state index is 2.70. The molecule has 0 spiro atoms. The number of aryl methyl sites for hydroxylation is 1. The molecule has 2 nitrogen and oxygen atoms in total. The second kappa shape index (κ2) is 17.9. The van der Waals surface area contributed by atoms with Gasteiger partial charge in [0.2, 0.25) is 0 Å². The minimum absolute atomic E-state index is 0.000162. The molecule has 0 radical (unpaired) electrons. The first kappa shape index (κ1) is 49.5. The Bertz CT molecular complexity index is 3710. The van der Waals surface area contributed by atoms with E-state index in [2.05, 4.69) is 293 Å². The van der Waals surface area contributed by atoms with Crippen LogP contribution < -0.4 is 26.2 Å². The van der Waals surface area contributed by atoms with Crippen molar-refractivity contribution in [3.63, 3.8) is 0 Å². The van der Waals surface area contributed by atoms with E-state index in [1.807, 2.05) is 0 Å². The van der Waals surface area contributed by atoms with Gasteiger partial charge in [-0.15, -0.1) is 0 Å². The zero-order valence-corrected chi connectivity index (χ0v) is 46.9. The molecule has 0 fully saturated rings. The highest BCUT2D eigenvalue weighted by Gasteiger charge is 2.47. The molecule has 0 saturated carbocycles. The van der Waals surface area contributed by atoms with Crippen molar-refractivity contribution in [1.29, 1.82) is 0 Å². The van der Waals surface area contributed by atoms with E-state index >= 15 is 0 Å². The predicted molar refractivity (Wildman–Crippen MR) is 327 cm³/mol. The molecule has 2 heterocycles. The van der Waals surface area contributed by atoms with Crippen molar-refractivity contribution in [2.45, 2.75) is 123 Å². The topological polar surface area (TPSA) is 6.48 Å². The van der Waals surface area contributed by atoms with Gasteiger partial charge in [0, 0.05) is 44.8 Å². The van der Waals surface area contributed by atoms with E-state index in [0.29, 0.717) is 0 Å². The van der Waals surface area contributed by atoms with Crippen LogP contribution in [0.3, 0.4) is 0 Å². The zero-order valence-electron chi connectivity index (χ0n) is 46.9. The highest BCUT2D eigenvalue weighted by molar-refractivity contribution is 7.00. The number of fused-ring (bicyclic) bond motifs is 5. The molecule has 12 rings (SSSR count). The largest absolute Gasteiger partial charge is 0.311 e. The Kier molecular flexibility index (Phi) is 11.6. The van der Waals surface area contributed by atoms with Crippen LogP contribution in [0, 0.1) is 6.92 Å². The molecule has 9 aromatic carbocycles.